The maximum atomic E-state index is 11.2. The average molecular weight is 199 g/mol. The minimum atomic E-state index is -3.46. The minimum Gasteiger partial charge on any atom is -0.481 e. The third-order valence-corrected chi connectivity index (χ3v) is 2.67. The highest BCUT2D eigenvalue weighted by molar-refractivity contribution is 7.94. The number of hydrogen-bond donors (Lipinski definition) is 0. The van der Waals surface area contributed by atoms with Crippen LogP contribution in [-0.4, -0.2) is 20.5 Å². The summed E-state index contributed by atoms with van der Waals surface area (Å²) in [5.41, 5.74) is 0. The first-order valence-corrected chi connectivity index (χ1v) is 5.03. The molecule has 4 nitrogen and oxygen atoms in total. The second kappa shape index (κ2) is 3.57. The molecule has 1 aromatic heterocycles. The van der Waals surface area contributed by atoms with Crippen molar-refractivity contribution in [2.75, 3.05) is 7.11 Å². The molecule has 1 rings (SSSR count). The van der Waals surface area contributed by atoms with Crippen LogP contribution < -0.4 is 4.74 Å². The van der Waals surface area contributed by atoms with Crippen LogP contribution in [0.5, 0.6) is 5.88 Å². The van der Waals surface area contributed by atoms with E-state index in [1.165, 1.54) is 13.2 Å². The molecule has 1 heterocycles. The molecule has 0 unspecified atom stereocenters. The first kappa shape index (κ1) is 9.73. The van der Waals surface area contributed by atoms with Crippen molar-refractivity contribution in [3.63, 3.8) is 0 Å². The van der Waals surface area contributed by atoms with Gasteiger partial charge in [0.1, 0.15) is 0 Å². The van der Waals surface area contributed by atoms with Crippen molar-refractivity contribution >= 4 is 9.84 Å². The maximum absolute atomic E-state index is 11.2. The maximum Gasteiger partial charge on any atom is 0.216 e. The SMILES string of the molecule is C=CS(=O)(=O)c1cccc(OC)n1. The molecule has 0 radical (unpaired) electrons. The number of methoxy groups -OCH3 is 1. The van der Waals surface area contributed by atoms with Crippen LogP contribution in [0.25, 0.3) is 0 Å². The third kappa shape index (κ3) is 2.06. The Morgan fingerprint density at radius 2 is 2.23 bits per heavy atom. The van der Waals surface area contributed by atoms with Crippen LogP contribution in [0.2, 0.25) is 0 Å². The number of sulfone groups is 1. The van der Waals surface area contributed by atoms with Crippen molar-refractivity contribution in [1.29, 1.82) is 0 Å². The largest absolute Gasteiger partial charge is 0.481 e. The van der Waals surface area contributed by atoms with Crippen molar-refractivity contribution in [2.45, 2.75) is 5.03 Å². The van der Waals surface area contributed by atoms with Gasteiger partial charge in [0.2, 0.25) is 15.7 Å². The Morgan fingerprint density at radius 3 is 2.77 bits per heavy atom. The summed E-state index contributed by atoms with van der Waals surface area (Å²) in [7, 11) is -2.03. The van der Waals surface area contributed by atoms with E-state index >= 15 is 0 Å². The highest BCUT2D eigenvalue weighted by Crippen LogP contribution is 2.12. The monoisotopic (exact) mass is 199 g/mol. The summed E-state index contributed by atoms with van der Waals surface area (Å²) >= 11 is 0. The molecule has 0 N–H and O–H groups in total. The standard InChI is InChI=1S/C8H9NO3S/c1-3-13(10,11)8-6-4-5-7(9-8)12-2/h3-6H,1H2,2H3. The van der Waals surface area contributed by atoms with E-state index < -0.39 is 9.84 Å². The lowest BCUT2D eigenvalue weighted by molar-refractivity contribution is 0.394. The van der Waals surface area contributed by atoms with E-state index in [0.29, 0.717) is 0 Å². The van der Waals surface area contributed by atoms with Crippen LogP contribution >= 0.6 is 0 Å². The molecule has 0 aliphatic heterocycles. The highest BCUT2D eigenvalue weighted by atomic mass is 32.2. The predicted molar refractivity (Wildman–Crippen MR) is 48.2 cm³/mol. The predicted octanol–water partition coefficient (Wildman–Crippen LogP) is 1.01. The van der Waals surface area contributed by atoms with E-state index in [4.69, 9.17) is 4.74 Å². The molecule has 0 bridgehead atoms. The Balaban J connectivity index is 3.24. The topological polar surface area (TPSA) is 56.3 Å². The smallest absolute Gasteiger partial charge is 0.216 e. The van der Waals surface area contributed by atoms with Crippen LogP contribution in [0, 0.1) is 0 Å². The van der Waals surface area contributed by atoms with Crippen LogP contribution in [0.3, 0.4) is 0 Å². The zero-order valence-electron chi connectivity index (χ0n) is 7.10. The van der Waals surface area contributed by atoms with Gasteiger partial charge in [-0.25, -0.2) is 13.4 Å². The molecule has 0 fully saturated rings. The van der Waals surface area contributed by atoms with Gasteiger partial charge in [-0.3, -0.25) is 0 Å². The van der Waals surface area contributed by atoms with Gasteiger partial charge >= 0.3 is 0 Å². The van der Waals surface area contributed by atoms with Crippen molar-refractivity contribution in [3.05, 3.63) is 30.2 Å². The lowest BCUT2D eigenvalue weighted by Crippen LogP contribution is -2.00. The molecule has 0 amide bonds. The Morgan fingerprint density at radius 1 is 1.54 bits per heavy atom. The number of pyridine rings is 1. The Kier molecular flexibility index (Phi) is 2.67. The van der Waals surface area contributed by atoms with Crippen molar-refractivity contribution in [2.24, 2.45) is 0 Å². The van der Waals surface area contributed by atoms with Crippen molar-refractivity contribution in [1.82, 2.24) is 4.98 Å². The summed E-state index contributed by atoms with van der Waals surface area (Å²) in [4.78, 5) is 3.75. The van der Waals surface area contributed by atoms with Gasteiger partial charge in [0, 0.05) is 11.5 Å². The van der Waals surface area contributed by atoms with Gasteiger partial charge in [-0.1, -0.05) is 12.6 Å². The first-order chi connectivity index (χ1) is 6.10. The van der Waals surface area contributed by atoms with E-state index in [1.54, 1.807) is 12.1 Å². The van der Waals surface area contributed by atoms with Gasteiger partial charge in [0.15, 0.2) is 5.03 Å². The number of ether oxygens (including phenoxy) is 1. The van der Waals surface area contributed by atoms with Gasteiger partial charge in [0.25, 0.3) is 0 Å². The number of nitrogens with zero attached hydrogens (tertiary/aromatic N) is 1. The molecule has 0 spiro atoms. The third-order valence-electron chi connectivity index (χ3n) is 1.42. The van der Waals surface area contributed by atoms with Gasteiger partial charge in [-0.15, -0.1) is 0 Å². The lowest BCUT2D eigenvalue weighted by Gasteiger charge is -2.00. The van der Waals surface area contributed by atoms with E-state index in [0.717, 1.165) is 5.41 Å². The van der Waals surface area contributed by atoms with Gasteiger partial charge in [0.05, 0.1) is 7.11 Å². The summed E-state index contributed by atoms with van der Waals surface area (Å²) in [5, 5.41) is 0.802. The summed E-state index contributed by atoms with van der Waals surface area (Å²) in [6.45, 7) is 3.20. The molecule has 0 atom stereocenters. The number of aromatic nitrogens is 1. The molecule has 1 aromatic rings. The van der Waals surface area contributed by atoms with Crippen LogP contribution in [0.4, 0.5) is 0 Å². The van der Waals surface area contributed by atoms with Gasteiger partial charge in [-0.05, 0) is 6.07 Å². The quantitative estimate of drug-likeness (QED) is 0.729. The molecule has 0 saturated heterocycles. The average Bonchev–Trinajstić information content (AvgIpc) is 2.18. The number of rotatable bonds is 3. The normalized spacial score (nSPS) is 10.8. The zero-order valence-corrected chi connectivity index (χ0v) is 7.91. The van der Waals surface area contributed by atoms with Gasteiger partial charge in [-0.2, -0.15) is 0 Å². The molecular weight excluding hydrogens is 190 g/mol. The van der Waals surface area contributed by atoms with Crippen LogP contribution in [0.15, 0.2) is 35.2 Å². The molecule has 70 valence electrons. The van der Waals surface area contributed by atoms with E-state index in [2.05, 4.69) is 11.6 Å². The summed E-state index contributed by atoms with van der Waals surface area (Å²) in [6, 6.07) is 4.52. The van der Waals surface area contributed by atoms with Crippen molar-refractivity contribution in [3.8, 4) is 5.88 Å². The Bertz CT molecular complexity index is 411. The highest BCUT2D eigenvalue weighted by Gasteiger charge is 2.11. The fourth-order valence-electron chi connectivity index (χ4n) is 0.753. The molecule has 5 heteroatoms. The molecule has 0 saturated carbocycles. The molecule has 0 aliphatic rings. The van der Waals surface area contributed by atoms with Crippen molar-refractivity contribution < 1.29 is 13.2 Å². The van der Waals surface area contributed by atoms with Crippen LogP contribution in [0.1, 0.15) is 0 Å². The zero-order chi connectivity index (χ0) is 9.90. The first-order valence-electron chi connectivity index (χ1n) is 3.49. The molecule has 0 aliphatic carbocycles. The second-order valence-corrected chi connectivity index (χ2v) is 4.07. The Labute approximate surface area is 76.8 Å². The van der Waals surface area contributed by atoms with Crippen LogP contribution in [-0.2, 0) is 9.84 Å². The summed E-state index contributed by atoms with van der Waals surface area (Å²) in [6.07, 6.45) is 0. The van der Waals surface area contributed by atoms with E-state index in [9.17, 15) is 8.42 Å². The number of hydrogen-bond acceptors (Lipinski definition) is 4. The van der Waals surface area contributed by atoms with E-state index in [-0.39, 0.29) is 10.9 Å². The lowest BCUT2D eigenvalue weighted by atomic mass is 10.5. The minimum absolute atomic E-state index is 0.0538. The molecule has 13 heavy (non-hydrogen) atoms. The summed E-state index contributed by atoms with van der Waals surface area (Å²) < 4.78 is 27.3. The fraction of sp³-hybridized carbons (Fsp3) is 0.125. The molecule has 0 aromatic carbocycles. The Hall–Kier alpha value is -1.36. The fourth-order valence-corrected chi connectivity index (χ4v) is 1.41. The second-order valence-electron chi connectivity index (χ2n) is 2.23. The molecular formula is C8H9NO3S. The van der Waals surface area contributed by atoms with E-state index in [1.807, 2.05) is 0 Å². The summed E-state index contributed by atoms with van der Waals surface area (Å²) in [5.74, 6) is 0.267. The van der Waals surface area contributed by atoms with Gasteiger partial charge < -0.3 is 4.74 Å².